The Morgan fingerprint density at radius 1 is 1.32 bits per heavy atom. The zero-order chi connectivity index (χ0) is 14.1. The smallest absolute Gasteiger partial charge is 0.219 e. The fraction of sp³-hybridized carbons (Fsp3) is 0.692. The molecule has 108 valence electrons. The van der Waals surface area contributed by atoms with Crippen LogP contribution in [0.25, 0.3) is 0 Å². The summed E-state index contributed by atoms with van der Waals surface area (Å²) in [6, 6.07) is 1.81. The summed E-state index contributed by atoms with van der Waals surface area (Å²) in [5, 5.41) is 3.87. The molecule has 0 aliphatic heterocycles. The summed E-state index contributed by atoms with van der Waals surface area (Å²) in [6.45, 7) is 8.93. The van der Waals surface area contributed by atoms with Crippen LogP contribution in [-0.4, -0.2) is 42.6 Å². The Bertz CT molecular complexity index is 375. The lowest BCUT2D eigenvalue weighted by Gasteiger charge is -2.10. The van der Waals surface area contributed by atoms with Crippen LogP contribution in [0.2, 0.25) is 0 Å². The van der Waals surface area contributed by atoms with Crippen LogP contribution in [0.4, 0.5) is 5.82 Å². The van der Waals surface area contributed by atoms with Gasteiger partial charge in [-0.2, -0.15) is 4.98 Å². The minimum absolute atomic E-state index is 0.503. The molecular weight excluding hydrogens is 262 g/mol. The first-order chi connectivity index (χ1) is 9.15. The Kier molecular flexibility index (Phi) is 7.59. The molecule has 0 aliphatic rings. The van der Waals surface area contributed by atoms with E-state index in [-0.39, 0.29) is 0 Å². The quantitative estimate of drug-likeness (QED) is 0.428. The Morgan fingerprint density at radius 2 is 2.11 bits per heavy atom. The van der Waals surface area contributed by atoms with Gasteiger partial charge in [0.05, 0.1) is 6.61 Å². The number of aromatic nitrogens is 2. The average molecular weight is 285 g/mol. The molecule has 0 spiro atoms. The highest BCUT2D eigenvalue weighted by molar-refractivity contribution is 7.98. The highest BCUT2D eigenvalue weighted by Crippen LogP contribution is 2.18. The molecule has 0 saturated carbocycles. The molecule has 5 nitrogen and oxygen atoms in total. The van der Waals surface area contributed by atoms with Crippen molar-refractivity contribution in [2.24, 2.45) is 5.92 Å². The summed E-state index contributed by atoms with van der Waals surface area (Å²) in [5.41, 5.74) is 0. The van der Waals surface area contributed by atoms with Crippen LogP contribution in [-0.2, 0) is 4.74 Å². The van der Waals surface area contributed by atoms with Crippen LogP contribution in [0.3, 0.4) is 0 Å². The predicted octanol–water partition coefficient (Wildman–Crippen LogP) is 2.68. The number of hydrogen-bond donors (Lipinski definition) is 1. The van der Waals surface area contributed by atoms with Gasteiger partial charge in [-0.15, -0.1) is 0 Å². The molecule has 0 amide bonds. The van der Waals surface area contributed by atoms with Crippen molar-refractivity contribution in [1.29, 1.82) is 0 Å². The van der Waals surface area contributed by atoms with Crippen molar-refractivity contribution in [3.05, 3.63) is 6.07 Å². The Labute approximate surface area is 119 Å². The van der Waals surface area contributed by atoms with Gasteiger partial charge in [0.1, 0.15) is 12.4 Å². The zero-order valence-electron chi connectivity index (χ0n) is 12.1. The minimum Gasteiger partial charge on any atom is -0.475 e. The van der Waals surface area contributed by atoms with E-state index in [0.29, 0.717) is 30.2 Å². The summed E-state index contributed by atoms with van der Waals surface area (Å²) >= 11 is 1.50. The van der Waals surface area contributed by atoms with Crippen molar-refractivity contribution < 1.29 is 9.47 Å². The molecule has 1 aromatic rings. The molecule has 0 atom stereocenters. The van der Waals surface area contributed by atoms with Crippen LogP contribution in [0.15, 0.2) is 11.2 Å². The molecular formula is C13H23N3O2S. The predicted molar refractivity (Wildman–Crippen MR) is 79.1 cm³/mol. The normalized spacial score (nSPS) is 10.8. The summed E-state index contributed by atoms with van der Waals surface area (Å²) < 4.78 is 11.0. The molecule has 1 N–H and O–H groups in total. The molecule has 1 aromatic heterocycles. The van der Waals surface area contributed by atoms with Crippen molar-refractivity contribution in [1.82, 2.24) is 9.97 Å². The largest absolute Gasteiger partial charge is 0.475 e. The zero-order valence-corrected chi connectivity index (χ0v) is 12.9. The molecule has 0 radical (unpaired) electrons. The number of anilines is 1. The van der Waals surface area contributed by atoms with E-state index in [1.165, 1.54) is 11.8 Å². The first kappa shape index (κ1) is 16.0. The van der Waals surface area contributed by atoms with Gasteiger partial charge in [0.25, 0.3) is 0 Å². The topological polar surface area (TPSA) is 56.3 Å². The standard InChI is InChI=1S/C13H23N3O2S/c1-5-14-11-8-12(16-13(15-11)19-4)18-7-6-17-9-10(2)3/h8,10H,5-7,9H2,1-4H3,(H,14,15,16). The Hall–Kier alpha value is -1.01. The van der Waals surface area contributed by atoms with Gasteiger partial charge >= 0.3 is 0 Å². The lowest BCUT2D eigenvalue weighted by atomic mass is 10.2. The molecule has 0 fully saturated rings. The third-order valence-electron chi connectivity index (χ3n) is 2.15. The summed E-state index contributed by atoms with van der Waals surface area (Å²) in [5.74, 6) is 1.92. The fourth-order valence-electron chi connectivity index (χ4n) is 1.36. The fourth-order valence-corrected chi connectivity index (χ4v) is 1.74. The molecule has 0 unspecified atom stereocenters. The molecule has 6 heteroatoms. The van der Waals surface area contributed by atoms with Crippen LogP contribution in [0.1, 0.15) is 20.8 Å². The second kappa shape index (κ2) is 8.98. The van der Waals surface area contributed by atoms with Crippen molar-refractivity contribution in [3.8, 4) is 5.88 Å². The van der Waals surface area contributed by atoms with E-state index >= 15 is 0 Å². The van der Waals surface area contributed by atoms with E-state index < -0.39 is 0 Å². The van der Waals surface area contributed by atoms with E-state index in [1.54, 1.807) is 0 Å². The van der Waals surface area contributed by atoms with Crippen LogP contribution < -0.4 is 10.1 Å². The van der Waals surface area contributed by atoms with E-state index in [4.69, 9.17) is 9.47 Å². The molecule has 1 heterocycles. The van der Waals surface area contributed by atoms with Crippen molar-refractivity contribution in [2.75, 3.05) is 37.9 Å². The molecule has 1 rings (SSSR count). The maximum atomic E-state index is 5.59. The number of ether oxygens (including phenoxy) is 2. The highest BCUT2D eigenvalue weighted by atomic mass is 32.2. The second-order valence-corrected chi connectivity index (χ2v) is 5.20. The van der Waals surface area contributed by atoms with E-state index in [1.807, 2.05) is 19.2 Å². The first-order valence-electron chi connectivity index (χ1n) is 6.53. The van der Waals surface area contributed by atoms with E-state index in [2.05, 4.69) is 29.1 Å². The lowest BCUT2D eigenvalue weighted by Crippen LogP contribution is -2.11. The van der Waals surface area contributed by atoms with Gasteiger partial charge in [-0.1, -0.05) is 25.6 Å². The van der Waals surface area contributed by atoms with Gasteiger partial charge in [0.15, 0.2) is 5.16 Å². The molecule has 0 aromatic carbocycles. The number of nitrogens with zero attached hydrogens (tertiary/aromatic N) is 2. The van der Waals surface area contributed by atoms with E-state index in [0.717, 1.165) is 19.0 Å². The van der Waals surface area contributed by atoms with Crippen LogP contribution >= 0.6 is 11.8 Å². The molecule has 0 saturated heterocycles. The van der Waals surface area contributed by atoms with Crippen LogP contribution in [0.5, 0.6) is 5.88 Å². The van der Waals surface area contributed by atoms with Gasteiger partial charge in [-0.25, -0.2) is 4.98 Å². The second-order valence-electron chi connectivity index (χ2n) is 4.43. The average Bonchev–Trinajstić information content (AvgIpc) is 2.38. The third-order valence-corrected chi connectivity index (χ3v) is 2.70. The number of nitrogens with one attached hydrogen (secondary N) is 1. The summed E-state index contributed by atoms with van der Waals surface area (Å²) in [4.78, 5) is 8.64. The van der Waals surface area contributed by atoms with Crippen molar-refractivity contribution >= 4 is 17.6 Å². The maximum Gasteiger partial charge on any atom is 0.219 e. The van der Waals surface area contributed by atoms with Crippen molar-refractivity contribution in [2.45, 2.75) is 25.9 Å². The van der Waals surface area contributed by atoms with Gasteiger partial charge < -0.3 is 14.8 Å². The molecule has 0 aliphatic carbocycles. The number of hydrogen-bond acceptors (Lipinski definition) is 6. The van der Waals surface area contributed by atoms with Gasteiger partial charge in [-0.3, -0.25) is 0 Å². The summed E-state index contributed by atoms with van der Waals surface area (Å²) in [6.07, 6.45) is 1.95. The van der Waals surface area contributed by atoms with E-state index in [9.17, 15) is 0 Å². The molecule has 0 bridgehead atoms. The van der Waals surface area contributed by atoms with Gasteiger partial charge in [-0.05, 0) is 19.1 Å². The molecule has 19 heavy (non-hydrogen) atoms. The third kappa shape index (κ3) is 6.63. The maximum absolute atomic E-state index is 5.59. The number of thioether (sulfide) groups is 1. The SMILES string of the molecule is CCNc1cc(OCCOCC(C)C)nc(SC)n1. The van der Waals surface area contributed by atoms with Crippen LogP contribution in [0, 0.1) is 5.92 Å². The monoisotopic (exact) mass is 285 g/mol. The lowest BCUT2D eigenvalue weighted by molar-refractivity contribution is 0.0804. The van der Waals surface area contributed by atoms with Crippen molar-refractivity contribution in [3.63, 3.8) is 0 Å². The highest BCUT2D eigenvalue weighted by Gasteiger charge is 2.04. The minimum atomic E-state index is 0.503. The number of rotatable bonds is 9. The Balaban J connectivity index is 2.45. The van der Waals surface area contributed by atoms with Gasteiger partial charge in [0, 0.05) is 19.2 Å². The Morgan fingerprint density at radius 3 is 2.74 bits per heavy atom. The first-order valence-corrected chi connectivity index (χ1v) is 7.75. The summed E-state index contributed by atoms with van der Waals surface area (Å²) in [7, 11) is 0. The van der Waals surface area contributed by atoms with Gasteiger partial charge in [0.2, 0.25) is 5.88 Å².